The van der Waals surface area contributed by atoms with Gasteiger partial charge in [0.15, 0.2) is 0 Å². The van der Waals surface area contributed by atoms with Crippen molar-refractivity contribution in [1.82, 2.24) is 9.80 Å². The third-order valence-electron chi connectivity index (χ3n) is 3.87. The fraction of sp³-hybridized carbons (Fsp3) is 0.625. The van der Waals surface area contributed by atoms with E-state index < -0.39 is 5.60 Å². The van der Waals surface area contributed by atoms with Gasteiger partial charge < -0.3 is 10.8 Å². The average molecular weight is 277 g/mol. The molecule has 3 N–H and O–H groups in total. The largest absolute Gasteiger partial charge is 0.389 e. The number of nitrogens with two attached hydrogens (primary N) is 1. The molecule has 1 heterocycles. The van der Waals surface area contributed by atoms with Crippen LogP contribution in [0.5, 0.6) is 0 Å². The second-order valence-corrected chi connectivity index (χ2v) is 6.29. The number of benzene rings is 1. The number of β-amino-alcohol motifs (C(OH)–C–C–N with tert-alkyl or cyclic N) is 1. The van der Waals surface area contributed by atoms with Crippen LogP contribution < -0.4 is 5.73 Å². The fourth-order valence-corrected chi connectivity index (χ4v) is 2.95. The van der Waals surface area contributed by atoms with Crippen LogP contribution in [-0.2, 0) is 0 Å². The molecule has 1 unspecified atom stereocenters. The lowest BCUT2D eigenvalue weighted by Crippen LogP contribution is -2.52. The molecule has 1 aromatic carbocycles. The molecule has 1 fully saturated rings. The van der Waals surface area contributed by atoms with E-state index in [4.69, 9.17) is 5.73 Å². The van der Waals surface area contributed by atoms with E-state index in [2.05, 4.69) is 34.1 Å². The van der Waals surface area contributed by atoms with Crippen LogP contribution >= 0.6 is 0 Å². The van der Waals surface area contributed by atoms with Crippen LogP contribution in [0.3, 0.4) is 0 Å². The summed E-state index contributed by atoms with van der Waals surface area (Å²) in [6, 6.07) is 10.8. The quantitative estimate of drug-likeness (QED) is 0.845. The lowest BCUT2D eigenvalue weighted by Gasteiger charge is -2.40. The van der Waals surface area contributed by atoms with Gasteiger partial charge in [0.2, 0.25) is 0 Å². The fourth-order valence-electron chi connectivity index (χ4n) is 2.95. The van der Waals surface area contributed by atoms with Gasteiger partial charge >= 0.3 is 0 Å². The summed E-state index contributed by atoms with van der Waals surface area (Å²) in [5.41, 5.74) is 6.66. The molecular weight excluding hydrogens is 250 g/mol. The van der Waals surface area contributed by atoms with E-state index in [9.17, 15) is 5.11 Å². The van der Waals surface area contributed by atoms with E-state index in [1.54, 1.807) is 0 Å². The van der Waals surface area contributed by atoms with Gasteiger partial charge in [0.05, 0.1) is 5.60 Å². The third-order valence-corrected chi connectivity index (χ3v) is 3.87. The highest BCUT2D eigenvalue weighted by atomic mass is 16.3. The Morgan fingerprint density at radius 2 is 1.75 bits per heavy atom. The Kier molecular flexibility index (Phi) is 5.16. The summed E-state index contributed by atoms with van der Waals surface area (Å²) in [5.74, 6) is 0. The molecule has 0 aromatic heterocycles. The molecule has 0 radical (unpaired) electrons. The van der Waals surface area contributed by atoms with Crippen LogP contribution in [0.15, 0.2) is 30.3 Å². The van der Waals surface area contributed by atoms with Crippen molar-refractivity contribution in [3.05, 3.63) is 35.9 Å². The normalized spacial score (nSPS) is 20.0. The van der Waals surface area contributed by atoms with E-state index >= 15 is 0 Å². The standard InChI is InChI=1S/C16H27N3O/c1-16(2,20)13-18-8-10-19(11-9-18)15(12-17)14-6-4-3-5-7-14/h3-7,15,20H,8-13,17H2,1-2H3. The van der Waals surface area contributed by atoms with E-state index in [1.165, 1.54) is 5.56 Å². The second kappa shape index (κ2) is 6.68. The van der Waals surface area contributed by atoms with Gasteiger partial charge in [-0.1, -0.05) is 30.3 Å². The van der Waals surface area contributed by atoms with Crippen molar-refractivity contribution in [2.75, 3.05) is 39.3 Å². The molecule has 0 aliphatic carbocycles. The molecule has 0 amide bonds. The Labute approximate surface area is 122 Å². The van der Waals surface area contributed by atoms with Crippen molar-refractivity contribution in [1.29, 1.82) is 0 Å². The summed E-state index contributed by atoms with van der Waals surface area (Å²) in [7, 11) is 0. The highest BCUT2D eigenvalue weighted by molar-refractivity contribution is 5.19. The van der Waals surface area contributed by atoms with Gasteiger partial charge in [-0.25, -0.2) is 0 Å². The molecule has 4 nitrogen and oxygen atoms in total. The van der Waals surface area contributed by atoms with E-state index in [0.717, 1.165) is 32.7 Å². The van der Waals surface area contributed by atoms with Gasteiger partial charge in [-0.15, -0.1) is 0 Å². The molecule has 1 aliphatic rings. The zero-order valence-electron chi connectivity index (χ0n) is 12.6. The molecule has 0 bridgehead atoms. The first-order valence-electron chi connectivity index (χ1n) is 7.43. The molecule has 1 aromatic rings. The van der Waals surface area contributed by atoms with Crippen LogP contribution in [0.2, 0.25) is 0 Å². The lowest BCUT2D eigenvalue weighted by atomic mass is 10.0. The van der Waals surface area contributed by atoms with Crippen molar-refractivity contribution < 1.29 is 5.11 Å². The molecule has 1 saturated heterocycles. The molecule has 20 heavy (non-hydrogen) atoms. The van der Waals surface area contributed by atoms with Crippen molar-refractivity contribution in [2.24, 2.45) is 5.73 Å². The van der Waals surface area contributed by atoms with Crippen LogP contribution in [0.1, 0.15) is 25.5 Å². The van der Waals surface area contributed by atoms with E-state index in [1.807, 2.05) is 19.9 Å². The summed E-state index contributed by atoms with van der Waals surface area (Å²) >= 11 is 0. The van der Waals surface area contributed by atoms with Gasteiger partial charge in [-0.3, -0.25) is 9.80 Å². The number of aliphatic hydroxyl groups is 1. The Hall–Kier alpha value is -0.940. The first kappa shape index (κ1) is 15.4. The number of piperazine rings is 1. The molecule has 2 rings (SSSR count). The van der Waals surface area contributed by atoms with E-state index in [0.29, 0.717) is 12.6 Å². The summed E-state index contributed by atoms with van der Waals surface area (Å²) in [6.45, 7) is 9.12. The second-order valence-electron chi connectivity index (χ2n) is 6.29. The minimum Gasteiger partial charge on any atom is -0.389 e. The maximum atomic E-state index is 9.89. The van der Waals surface area contributed by atoms with Gasteiger partial charge in [0.1, 0.15) is 0 Å². The van der Waals surface area contributed by atoms with Crippen LogP contribution in [-0.4, -0.2) is 59.8 Å². The molecule has 0 saturated carbocycles. The summed E-state index contributed by atoms with van der Waals surface area (Å²) in [5, 5.41) is 9.89. The third kappa shape index (κ3) is 4.28. The summed E-state index contributed by atoms with van der Waals surface area (Å²) in [6.07, 6.45) is 0. The van der Waals surface area contributed by atoms with Crippen molar-refractivity contribution in [2.45, 2.75) is 25.5 Å². The van der Waals surface area contributed by atoms with E-state index in [-0.39, 0.29) is 0 Å². The number of nitrogens with zero attached hydrogens (tertiary/aromatic N) is 2. The summed E-state index contributed by atoms with van der Waals surface area (Å²) < 4.78 is 0. The Balaban J connectivity index is 1.92. The van der Waals surface area contributed by atoms with Crippen LogP contribution in [0, 0.1) is 0 Å². The first-order chi connectivity index (χ1) is 9.49. The van der Waals surface area contributed by atoms with Gasteiger partial charge in [0.25, 0.3) is 0 Å². The van der Waals surface area contributed by atoms with Gasteiger partial charge in [-0.2, -0.15) is 0 Å². The zero-order chi connectivity index (χ0) is 14.6. The van der Waals surface area contributed by atoms with Crippen molar-refractivity contribution in [3.63, 3.8) is 0 Å². The molecule has 4 heteroatoms. The zero-order valence-corrected chi connectivity index (χ0v) is 12.6. The molecule has 1 aliphatic heterocycles. The molecular formula is C16H27N3O. The Bertz CT molecular complexity index is 394. The maximum Gasteiger partial charge on any atom is 0.0718 e. The highest BCUT2D eigenvalue weighted by Gasteiger charge is 2.26. The monoisotopic (exact) mass is 277 g/mol. The summed E-state index contributed by atoms with van der Waals surface area (Å²) in [4.78, 5) is 4.78. The molecule has 112 valence electrons. The minimum atomic E-state index is -0.616. The highest BCUT2D eigenvalue weighted by Crippen LogP contribution is 2.21. The number of hydrogen-bond donors (Lipinski definition) is 2. The SMILES string of the molecule is CC(C)(O)CN1CCN(C(CN)c2ccccc2)CC1. The predicted molar refractivity (Wildman–Crippen MR) is 82.5 cm³/mol. The molecule has 0 spiro atoms. The van der Waals surface area contributed by atoms with Gasteiger partial charge in [-0.05, 0) is 19.4 Å². The maximum absolute atomic E-state index is 9.89. The lowest BCUT2D eigenvalue weighted by molar-refractivity contribution is 0.0113. The van der Waals surface area contributed by atoms with Crippen LogP contribution in [0.4, 0.5) is 0 Å². The molecule has 1 atom stereocenters. The first-order valence-corrected chi connectivity index (χ1v) is 7.43. The smallest absolute Gasteiger partial charge is 0.0718 e. The number of rotatable bonds is 5. The van der Waals surface area contributed by atoms with Crippen LogP contribution in [0.25, 0.3) is 0 Å². The predicted octanol–water partition coefficient (Wildman–Crippen LogP) is 1.07. The average Bonchev–Trinajstić information content (AvgIpc) is 2.41. The Morgan fingerprint density at radius 3 is 2.25 bits per heavy atom. The van der Waals surface area contributed by atoms with Gasteiger partial charge in [0, 0.05) is 45.3 Å². The topological polar surface area (TPSA) is 52.7 Å². The number of hydrogen-bond acceptors (Lipinski definition) is 4. The van der Waals surface area contributed by atoms with Crippen molar-refractivity contribution in [3.8, 4) is 0 Å². The minimum absolute atomic E-state index is 0.306. The Morgan fingerprint density at radius 1 is 1.15 bits per heavy atom. The van der Waals surface area contributed by atoms with Crippen molar-refractivity contribution >= 4 is 0 Å².